The maximum absolute atomic E-state index is 11.9. The molecule has 0 aliphatic heterocycles. The molecule has 0 amide bonds. The molecular formula is C12H13F3O2. The minimum absolute atomic E-state index is 0.0727. The Bertz CT molecular complexity index is 355. The van der Waals surface area contributed by atoms with Gasteiger partial charge < -0.3 is 9.84 Å². The lowest BCUT2D eigenvalue weighted by Gasteiger charge is -2.08. The van der Waals surface area contributed by atoms with Crippen LogP contribution in [0.2, 0.25) is 0 Å². The molecular weight excluding hydrogens is 233 g/mol. The molecule has 5 heteroatoms. The number of benzene rings is 1. The van der Waals surface area contributed by atoms with Gasteiger partial charge in [0, 0.05) is 6.61 Å². The summed E-state index contributed by atoms with van der Waals surface area (Å²) in [6, 6.07) is 6.26. The van der Waals surface area contributed by atoms with Crippen LogP contribution in [0.25, 0.3) is 6.08 Å². The van der Waals surface area contributed by atoms with Gasteiger partial charge in [0.05, 0.1) is 0 Å². The zero-order chi connectivity index (χ0) is 12.7. The molecule has 0 aliphatic carbocycles. The fourth-order valence-electron chi connectivity index (χ4n) is 1.13. The van der Waals surface area contributed by atoms with Gasteiger partial charge in [0.25, 0.3) is 0 Å². The number of aliphatic hydroxyl groups excluding tert-OH is 1. The molecule has 0 spiro atoms. The first-order valence-corrected chi connectivity index (χ1v) is 5.08. The van der Waals surface area contributed by atoms with Crippen LogP contribution < -0.4 is 4.74 Å². The number of halogens is 3. The van der Waals surface area contributed by atoms with Crippen molar-refractivity contribution in [2.45, 2.75) is 12.6 Å². The standard InChI is InChI=1S/C12H13F3O2/c13-12(14,15)9-17-11-6-4-10(5-7-11)3-1-2-8-16/h1,3-7,16H,2,8-9H2. The predicted molar refractivity (Wildman–Crippen MR) is 58.7 cm³/mol. The van der Waals surface area contributed by atoms with Crippen molar-refractivity contribution in [3.05, 3.63) is 35.9 Å². The number of ether oxygens (including phenoxy) is 1. The highest BCUT2D eigenvalue weighted by Gasteiger charge is 2.28. The van der Waals surface area contributed by atoms with Crippen LogP contribution in [-0.4, -0.2) is 24.5 Å². The van der Waals surface area contributed by atoms with Crippen molar-refractivity contribution in [3.63, 3.8) is 0 Å². The van der Waals surface area contributed by atoms with E-state index in [0.717, 1.165) is 5.56 Å². The molecule has 0 saturated heterocycles. The van der Waals surface area contributed by atoms with Crippen molar-refractivity contribution in [1.82, 2.24) is 0 Å². The summed E-state index contributed by atoms with van der Waals surface area (Å²) in [5.74, 6) is 0.182. The third-order valence-electron chi connectivity index (χ3n) is 1.89. The molecule has 0 heterocycles. The lowest BCUT2D eigenvalue weighted by molar-refractivity contribution is -0.153. The lowest BCUT2D eigenvalue weighted by atomic mass is 10.2. The Balaban J connectivity index is 2.50. The largest absolute Gasteiger partial charge is 0.484 e. The highest BCUT2D eigenvalue weighted by Crippen LogP contribution is 2.19. The Morgan fingerprint density at radius 1 is 1.18 bits per heavy atom. The molecule has 1 rings (SSSR count). The van der Waals surface area contributed by atoms with Crippen LogP contribution >= 0.6 is 0 Å². The maximum atomic E-state index is 11.9. The van der Waals surface area contributed by atoms with Crippen LogP contribution in [0.5, 0.6) is 5.75 Å². The van der Waals surface area contributed by atoms with Crippen molar-refractivity contribution in [2.75, 3.05) is 13.2 Å². The minimum atomic E-state index is -4.32. The van der Waals surface area contributed by atoms with E-state index in [9.17, 15) is 13.2 Å². The van der Waals surface area contributed by atoms with Crippen LogP contribution in [-0.2, 0) is 0 Å². The van der Waals surface area contributed by atoms with Crippen molar-refractivity contribution in [2.24, 2.45) is 0 Å². The van der Waals surface area contributed by atoms with E-state index in [-0.39, 0.29) is 12.4 Å². The number of alkyl halides is 3. The Morgan fingerprint density at radius 2 is 1.82 bits per heavy atom. The predicted octanol–water partition coefficient (Wildman–Crippen LogP) is 3.02. The number of aliphatic hydroxyl groups is 1. The lowest BCUT2D eigenvalue weighted by Crippen LogP contribution is -2.19. The van der Waals surface area contributed by atoms with Crippen molar-refractivity contribution in [3.8, 4) is 5.75 Å². The Hall–Kier alpha value is -1.49. The van der Waals surface area contributed by atoms with Gasteiger partial charge in [-0.1, -0.05) is 24.3 Å². The summed E-state index contributed by atoms with van der Waals surface area (Å²) in [5.41, 5.74) is 0.845. The van der Waals surface area contributed by atoms with Gasteiger partial charge in [-0.05, 0) is 24.1 Å². The molecule has 0 fully saturated rings. The second-order valence-corrected chi connectivity index (χ2v) is 3.39. The van der Waals surface area contributed by atoms with Gasteiger partial charge in [-0.3, -0.25) is 0 Å². The Labute approximate surface area is 97.3 Å². The zero-order valence-corrected chi connectivity index (χ0v) is 9.07. The fourth-order valence-corrected chi connectivity index (χ4v) is 1.13. The van der Waals surface area contributed by atoms with E-state index in [4.69, 9.17) is 5.11 Å². The summed E-state index contributed by atoms with van der Waals surface area (Å²) in [5, 5.41) is 8.56. The summed E-state index contributed by atoms with van der Waals surface area (Å²) in [6.45, 7) is -1.21. The Kier molecular flexibility index (Phi) is 5.03. The average Bonchev–Trinajstić information content (AvgIpc) is 2.27. The SMILES string of the molecule is OCCC=Cc1ccc(OCC(F)(F)F)cc1. The van der Waals surface area contributed by atoms with E-state index in [1.165, 1.54) is 12.1 Å². The first-order chi connectivity index (χ1) is 8.01. The average molecular weight is 246 g/mol. The summed E-state index contributed by atoms with van der Waals surface area (Å²) in [4.78, 5) is 0. The minimum Gasteiger partial charge on any atom is -0.484 e. The monoisotopic (exact) mass is 246 g/mol. The fraction of sp³-hybridized carbons (Fsp3) is 0.333. The molecule has 17 heavy (non-hydrogen) atoms. The van der Waals surface area contributed by atoms with E-state index >= 15 is 0 Å². The van der Waals surface area contributed by atoms with Gasteiger partial charge in [-0.2, -0.15) is 13.2 Å². The first kappa shape index (κ1) is 13.6. The van der Waals surface area contributed by atoms with Crippen molar-refractivity contribution in [1.29, 1.82) is 0 Å². The molecule has 0 bridgehead atoms. The van der Waals surface area contributed by atoms with Gasteiger partial charge in [0.2, 0.25) is 0 Å². The van der Waals surface area contributed by atoms with Crippen LogP contribution in [0.15, 0.2) is 30.3 Å². The number of hydrogen-bond donors (Lipinski definition) is 1. The third kappa shape index (κ3) is 5.97. The van der Waals surface area contributed by atoms with Gasteiger partial charge in [-0.25, -0.2) is 0 Å². The molecule has 0 atom stereocenters. The second kappa shape index (κ2) is 6.30. The van der Waals surface area contributed by atoms with Crippen LogP contribution in [0.3, 0.4) is 0 Å². The van der Waals surface area contributed by atoms with E-state index < -0.39 is 12.8 Å². The molecule has 1 N–H and O–H groups in total. The van der Waals surface area contributed by atoms with Gasteiger partial charge in [0.15, 0.2) is 6.61 Å². The smallest absolute Gasteiger partial charge is 0.422 e. The highest BCUT2D eigenvalue weighted by atomic mass is 19.4. The summed E-state index contributed by atoms with van der Waals surface area (Å²) in [7, 11) is 0. The Morgan fingerprint density at radius 3 is 2.35 bits per heavy atom. The molecule has 0 saturated carbocycles. The van der Waals surface area contributed by atoms with Crippen LogP contribution in [0, 0.1) is 0 Å². The molecule has 1 aromatic carbocycles. The topological polar surface area (TPSA) is 29.5 Å². The van der Waals surface area contributed by atoms with Gasteiger partial charge in [0.1, 0.15) is 5.75 Å². The summed E-state index contributed by atoms with van der Waals surface area (Å²) in [6.07, 6.45) is -0.207. The summed E-state index contributed by atoms with van der Waals surface area (Å²) >= 11 is 0. The molecule has 0 aromatic heterocycles. The third-order valence-corrected chi connectivity index (χ3v) is 1.89. The van der Waals surface area contributed by atoms with E-state index in [2.05, 4.69) is 4.74 Å². The number of hydrogen-bond acceptors (Lipinski definition) is 2. The molecule has 94 valence electrons. The molecule has 2 nitrogen and oxygen atoms in total. The van der Waals surface area contributed by atoms with Crippen molar-refractivity contribution >= 4 is 6.08 Å². The highest BCUT2D eigenvalue weighted by molar-refractivity contribution is 5.50. The molecule has 0 radical (unpaired) electrons. The maximum Gasteiger partial charge on any atom is 0.422 e. The van der Waals surface area contributed by atoms with Gasteiger partial charge >= 0.3 is 6.18 Å². The number of rotatable bonds is 5. The van der Waals surface area contributed by atoms with E-state index in [1.807, 2.05) is 0 Å². The normalized spacial score (nSPS) is 12.0. The van der Waals surface area contributed by atoms with E-state index in [1.54, 1.807) is 24.3 Å². The molecule has 1 aromatic rings. The second-order valence-electron chi connectivity index (χ2n) is 3.39. The quantitative estimate of drug-likeness (QED) is 0.865. The molecule has 0 aliphatic rings. The van der Waals surface area contributed by atoms with Gasteiger partial charge in [-0.15, -0.1) is 0 Å². The zero-order valence-electron chi connectivity index (χ0n) is 9.07. The van der Waals surface area contributed by atoms with E-state index in [0.29, 0.717) is 6.42 Å². The van der Waals surface area contributed by atoms with Crippen LogP contribution in [0.1, 0.15) is 12.0 Å². The first-order valence-electron chi connectivity index (χ1n) is 5.08. The van der Waals surface area contributed by atoms with Crippen LogP contribution in [0.4, 0.5) is 13.2 Å². The molecule has 0 unspecified atom stereocenters. The van der Waals surface area contributed by atoms with Crippen molar-refractivity contribution < 1.29 is 23.0 Å². The summed E-state index contributed by atoms with van der Waals surface area (Å²) < 4.78 is 40.2.